The number of aromatic nitrogens is 1. The minimum Gasteiger partial charge on any atom is -0.258 e. The third-order valence-corrected chi connectivity index (χ3v) is 3.55. The van der Waals surface area contributed by atoms with E-state index in [9.17, 15) is 4.39 Å². The Kier molecular flexibility index (Phi) is 5.52. The summed E-state index contributed by atoms with van der Waals surface area (Å²) in [6, 6.07) is 0. The summed E-state index contributed by atoms with van der Waals surface area (Å²) in [7, 11) is 0. The lowest BCUT2D eigenvalue weighted by atomic mass is 9.86. The molecule has 0 saturated heterocycles. The first-order valence-corrected chi connectivity index (χ1v) is 6.83. The summed E-state index contributed by atoms with van der Waals surface area (Å²) in [6.07, 6.45) is 6.26. The molecule has 100 valence electrons. The second-order valence-electron chi connectivity index (χ2n) is 5.00. The average molecular weight is 249 g/mol. The van der Waals surface area contributed by atoms with Crippen molar-refractivity contribution in [2.24, 2.45) is 5.92 Å². The van der Waals surface area contributed by atoms with Crippen LogP contribution in [0.5, 0.6) is 0 Å². The molecule has 0 aliphatic rings. The molecule has 0 unspecified atom stereocenters. The van der Waals surface area contributed by atoms with Crippen LogP contribution in [-0.2, 0) is 0 Å². The molecule has 0 aliphatic heterocycles. The lowest BCUT2D eigenvalue weighted by molar-refractivity contribution is 0.542. The van der Waals surface area contributed by atoms with Crippen LogP contribution in [0.15, 0.2) is 12.8 Å². The topological polar surface area (TPSA) is 12.9 Å². The molecule has 0 fully saturated rings. The van der Waals surface area contributed by atoms with Gasteiger partial charge in [0, 0.05) is 11.8 Å². The molecule has 0 amide bonds. The first-order chi connectivity index (χ1) is 8.52. The zero-order valence-electron chi connectivity index (χ0n) is 12.0. The van der Waals surface area contributed by atoms with Crippen LogP contribution in [0.25, 0.3) is 5.57 Å². The third kappa shape index (κ3) is 3.18. The first kappa shape index (κ1) is 14.9. The molecule has 2 heteroatoms. The zero-order valence-corrected chi connectivity index (χ0v) is 12.0. The summed E-state index contributed by atoms with van der Waals surface area (Å²) in [5, 5.41) is 0. The molecule has 0 radical (unpaired) electrons. The lowest BCUT2D eigenvalue weighted by Crippen LogP contribution is -2.06. The van der Waals surface area contributed by atoms with Crippen molar-refractivity contribution >= 4 is 5.57 Å². The second kappa shape index (κ2) is 6.67. The van der Waals surface area contributed by atoms with E-state index < -0.39 is 0 Å². The number of hydrogen-bond acceptors (Lipinski definition) is 1. The van der Waals surface area contributed by atoms with E-state index in [0.29, 0.717) is 17.2 Å². The standard InChI is InChI=1S/C16H24FN/c1-6-8-14(9-7-2)11(3)15-10-18-13(5)16(17)12(15)4/h10,14H,3,6-9H2,1-2,4-5H3. The first-order valence-electron chi connectivity index (χ1n) is 6.83. The molecule has 0 N–H and O–H groups in total. The van der Waals surface area contributed by atoms with Crippen molar-refractivity contribution in [1.82, 2.24) is 4.98 Å². The number of pyridine rings is 1. The number of halogens is 1. The van der Waals surface area contributed by atoms with Gasteiger partial charge in [-0.15, -0.1) is 0 Å². The Morgan fingerprint density at radius 2 is 1.83 bits per heavy atom. The number of rotatable bonds is 6. The normalized spacial score (nSPS) is 11.0. The maximum Gasteiger partial charge on any atom is 0.147 e. The minimum atomic E-state index is -0.194. The van der Waals surface area contributed by atoms with Gasteiger partial charge in [0.25, 0.3) is 0 Å². The predicted octanol–water partition coefficient (Wildman–Crippen LogP) is 5.07. The highest BCUT2D eigenvalue weighted by atomic mass is 19.1. The van der Waals surface area contributed by atoms with Crippen LogP contribution >= 0.6 is 0 Å². The summed E-state index contributed by atoms with van der Waals surface area (Å²) < 4.78 is 13.9. The van der Waals surface area contributed by atoms with Gasteiger partial charge in [-0.25, -0.2) is 4.39 Å². The minimum absolute atomic E-state index is 0.194. The zero-order chi connectivity index (χ0) is 13.7. The summed E-state index contributed by atoms with van der Waals surface area (Å²) in [5.74, 6) is 0.253. The van der Waals surface area contributed by atoms with Crippen LogP contribution < -0.4 is 0 Å². The van der Waals surface area contributed by atoms with Gasteiger partial charge in [0.15, 0.2) is 0 Å². The quantitative estimate of drug-likeness (QED) is 0.686. The van der Waals surface area contributed by atoms with Crippen LogP contribution in [0.1, 0.15) is 56.4 Å². The molecule has 0 atom stereocenters. The van der Waals surface area contributed by atoms with Crippen molar-refractivity contribution < 1.29 is 4.39 Å². The van der Waals surface area contributed by atoms with E-state index in [1.807, 2.05) is 6.92 Å². The van der Waals surface area contributed by atoms with E-state index in [2.05, 4.69) is 25.4 Å². The Bertz CT molecular complexity index is 417. The van der Waals surface area contributed by atoms with Gasteiger partial charge in [-0.05, 0) is 43.7 Å². The Morgan fingerprint density at radius 1 is 1.28 bits per heavy atom. The Labute approximate surface area is 110 Å². The van der Waals surface area contributed by atoms with Gasteiger partial charge < -0.3 is 0 Å². The molecule has 0 saturated carbocycles. The van der Waals surface area contributed by atoms with Crippen molar-refractivity contribution in [3.63, 3.8) is 0 Å². The van der Waals surface area contributed by atoms with Crippen molar-refractivity contribution in [1.29, 1.82) is 0 Å². The average Bonchev–Trinajstić information content (AvgIpc) is 2.35. The van der Waals surface area contributed by atoms with Crippen molar-refractivity contribution in [3.05, 3.63) is 35.4 Å². The molecule has 0 spiro atoms. The fourth-order valence-electron chi connectivity index (χ4n) is 2.44. The highest BCUT2D eigenvalue weighted by molar-refractivity contribution is 5.67. The SMILES string of the molecule is C=C(c1cnc(C)c(F)c1C)C(CCC)CCC. The fourth-order valence-corrected chi connectivity index (χ4v) is 2.44. The van der Waals surface area contributed by atoms with E-state index in [0.717, 1.165) is 36.8 Å². The Balaban J connectivity index is 3.05. The molecule has 0 aliphatic carbocycles. The fraction of sp³-hybridized carbons (Fsp3) is 0.562. The molecule has 1 rings (SSSR count). The molecule has 0 bridgehead atoms. The van der Waals surface area contributed by atoms with Crippen molar-refractivity contribution in [3.8, 4) is 0 Å². The monoisotopic (exact) mass is 249 g/mol. The highest BCUT2D eigenvalue weighted by Gasteiger charge is 2.17. The van der Waals surface area contributed by atoms with E-state index in [-0.39, 0.29) is 5.82 Å². The number of allylic oxidation sites excluding steroid dienone is 1. The molecule has 18 heavy (non-hydrogen) atoms. The maximum absolute atomic E-state index is 13.9. The van der Waals surface area contributed by atoms with Crippen LogP contribution in [0, 0.1) is 25.6 Å². The van der Waals surface area contributed by atoms with Crippen LogP contribution in [0.2, 0.25) is 0 Å². The van der Waals surface area contributed by atoms with Gasteiger partial charge in [-0.1, -0.05) is 33.3 Å². The summed E-state index contributed by atoms with van der Waals surface area (Å²) >= 11 is 0. The highest BCUT2D eigenvalue weighted by Crippen LogP contribution is 2.31. The van der Waals surface area contributed by atoms with Crippen LogP contribution in [0.4, 0.5) is 4.39 Å². The summed E-state index contributed by atoms with van der Waals surface area (Å²) in [5.41, 5.74) is 3.09. The molecular weight excluding hydrogens is 225 g/mol. The third-order valence-electron chi connectivity index (χ3n) is 3.55. The smallest absolute Gasteiger partial charge is 0.147 e. The van der Waals surface area contributed by atoms with Gasteiger partial charge in [0.2, 0.25) is 0 Å². The summed E-state index contributed by atoms with van der Waals surface area (Å²) in [6.45, 7) is 12.1. The van der Waals surface area contributed by atoms with E-state index >= 15 is 0 Å². The number of nitrogens with zero attached hydrogens (tertiary/aromatic N) is 1. The molecule has 1 heterocycles. The van der Waals surface area contributed by atoms with E-state index in [1.54, 1.807) is 13.1 Å². The van der Waals surface area contributed by atoms with E-state index in [4.69, 9.17) is 0 Å². The van der Waals surface area contributed by atoms with E-state index in [1.165, 1.54) is 0 Å². The van der Waals surface area contributed by atoms with Crippen LogP contribution in [0.3, 0.4) is 0 Å². The van der Waals surface area contributed by atoms with Gasteiger partial charge >= 0.3 is 0 Å². The Hall–Kier alpha value is -1.18. The van der Waals surface area contributed by atoms with Crippen molar-refractivity contribution in [2.45, 2.75) is 53.4 Å². The largest absolute Gasteiger partial charge is 0.258 e. The molecule has 1 aromatic rings. The number of aryl methyl sites for hydroxylation is 1. The van der Waals surface area contributed by atoms with Gasteiger partial charge in [-0.3, -0.25) is 4.98 Å². The predicted molar refractivity (Wildman–Crippen MR) is 76.0 cm³/mol. The summed E-state index contributed by atoms with van der Waals surface area (Å²) in [4.78, 5) is 4.13. The van der Waals surface area contributed by atoms with Crippen molar-refractivity contribution in [2.75, 3.05) is 0 Å². The molecule has 1 aromatic heterocycles. The second-order valence-corrected chi connectivity index (χ2v) is 5.00. The molecule has 1 nitrogen and oxygen atoms in total. The van der Waals surface area contributed by atoms with Gasteiger partial charge in [-0.2, -0.15) is 0 Å². The van der Waals surface area contributed by atoms with Gasteiger partial charge in [0.1, 0.15) is 5.82 Å². The van der Waals surface area contributed by atoms with Crippen LogP contribution in [-0.4, -0.2) is 4.98 Å². The van der Waals surface area contributed by atoms with Gasteiger partial charge in [0.05, 0.1) is 5.69 Å². The number of hydrogen-bond donors (Lipinski definition) is 0. The Morgan fingerprint density at radius 3 is 2.33 bits per heavy atom. The molecule has 0 aromatic carbocycles. The lowest BCUT2D eigenvalue weighted by Gasteiger charge is -2.20. The maximum atomic E-state index is 13.9. The molecular formula is C16H24FN.